The van der Waals surface area contributed by atoms with Crippen LogP contribution in [0.5, 0.6) is 5.75 Å². The minimum atomic E-state index is -0.352. The molecular formula is C35H29N3O4. The lowest BCUT2D eigenvalue weighted by atomic mass is 9.90. The molecule has 2 unspecified atom stereocenters. The van der Waals surface area contributed by atoms with Gasteiger partial charge in [-0.1, -0.05) is 66.7 Å². The number of rotatable bonds is 6. The SMILES string of the molecule is O=C1N=Cc2c(OCc3ccc4ccccc4c3)cccc21.O=CC(=O)C1CCC(c2ccc3ccccc3n2)CN1. The van der Waals surface area contributed by atoms with Crippen molar-refractivity contribution in [2.24, 2.45) is 4.99 Å². The van der Waals surface area contributed by atoms with Gasteiger partial charge in [0, 0.05) is 35.3 Å². The van der Waals surface area contributed by atoms with E-state index in [0.717, 1.165) is 34.1 Å². The summed E-state index contributed by atoms with van der Waals surface area (Å²) >= 11 is 0. The first-order valence-corrected chi connectivity index (χ1v) is 14.0. The smallest absolute Gasteiger partial charge is 0.277 e. The summed E-state index contributed by atoms with van der Waals surface area (Å²) in [6.45, 7) is 1.15. The van der Waals surface area contributed by atoms with E-state index in [1.54, 1.807) is 12.3 Å². The second-order valence-corrected chi connectivity index (χ2v) is 10.4. The Morgan fingerprint density at radius 1 is 0.881 bits per heavy atom. The van der Waals surface area contributed by atoms with Crippen LogP contribution in [0.15, 0.2) is 102 Å². The molecule has 3 heterocycles. The van der Waals surface area contributed by atoms with Crippen molar-refractivity contribution in [2.75, 3.05) is 6.54 Å². The number of aldehydes is 1. The van der Waals surface area contributed by atoms with Gasteiger partial charge in [0.1, 0.15) is 12.4 Å². The van der Waals surface area contributed by atoms with Gasteiger partial charge in [-0.15, -0.1) is 0 Å². The summed E-state index contributed by atoms with van der Waals surface area (Å²) in [4.78, 5) is 41.9. The summed E-state index contributed by atoms with van der Waals surface area (Å²) in [6, 6.07) is 31.8. The lowest BCUT2D eigenvalue weighted by Crippen LogP contribution is -2.43. The third-order valence-electron chi connectivity index (χ3n) is 7.73. The Morgan fingerprint density at radius 3 is 2.48 bits per heavy atom. The maximum Gasteiger partial charge on any atom is 0.277 e. The molecule has 1 N–H and O–H groups in total. The van der Waals surface area contributed by atoms with Crippen molar-refractivity contribution >= 4 is 45.9 Å². The topological polar surface area (TPSA) is 97.7 Å². The van der Waals surface area contributed by atoms with E-state index >= 15 is 0 Å². The number of nitrogens with one attached hydrogen (secondary N) is 1. The average molecular weight is 556 g/mol. The van der Waals surface area contributed by atoms with Crippen molar-refractivity contribution in [1.29, 1.82) is 0 Å². The second-order valence-electron chi connectivity index (χ2n) is 10.4. The third-order valence-corrected chi connectivity index (χ3v) is 7.73. The molecule has 7 rings (SSSR count). The van der Waals surface area contributed by atoms with Crippen LogP contribution in [0.4, 0.5) is 0 Å². The predicted molar refractivity (Wildman–Crippen MR) is 163 cm³/mol. The zero-order chi connectivity index (χ0) is 28.9. The molecule has 2 aliphatic rings. The normalized spacial score (nSPS) is 17.4. The van der Waals surface area contributed by atoms with Crippen molar-refractivity contribution < 1.29 is 19.1 Å². The van der Waals surface area contributed by atoms with Crippen LogP contribution in [0, 0.1) is 0 Å². The predicted octanol–water partition coefficient (Wildman–Crippen LogP) is 5.83. The summed E-state index contributed by atoms with van der Waals surface area (Å²) in [5, 5.41) is 6.68. The number of hydrogen-bond donors (Lipinski definition) is 1. The summed E-state index contributed by atoms with van der Waals surface area (Å²) in [5.74, 6) is 0.441. The van der Waals surface area contributed by atoms with Crippen LogP contribution >= 0.6 is 0 Å². The number of ketones is 1. The number of fused-ring (bicyclic) bond motifs is 3. The fourth-order valence-corrected chi connectivity index (χ4v) is 5.42. The molecule has 7 heteroatoms. The zero-order valence-corrected chi connectivity index (χ0v) is 22.9. The highest BCUT2D eigenvalue weighted by Gasteiger charge is 2.26. The van der Waals surface area contributed by atoms with Gasteiger partial charge in [0.15, 0.2) is 6.29 Å². The van der Waals surface area contributed by atoms with Gasteiger partial charge < -0.3 is 10.1 Å². The van der Waals surface area contributed by atoms with Gasteiger partial charge >= 0.3 is 0 Å². The highest BCUT2D eigenvalue weighted by molar-refractivity contribution is 6.27. The van der Waals surface area contributed by atoms with Gasteiger partial charge in [0.25, 0.3) is 5.91 Å². The van der Waals surface area contributed by atoms with Gasteiger partial charge in [-0.05, 0) is 59.5 Å². The minimum Gasteiger partial charge on any atom is -0.488 e. The summed E-state index contributed by atoms with van der Waals surface area (Å²) in [7, 11) is 0. The van der Waals surface area contributed by atoms with E-state index in [-0.39, 0.29) is 17.7 Å². The highest BCUT2D eigenvalue weighted by Crippen LogP contribution is 2.27. The van der Waals surface area contributed by atoms with E-state index in [0.29, 0.717) is 43.1 Å². The van der Waals surface area contributed by atoms with Gasteiger partial charge in [-0.3, -0.25) is 19.4 Å². The first-order valence-electron chi connectivity index (χ1n) is 14.0. The van der Waals surface area contributed by atoms with E-state index in [1.807, 2.05) is 48.5 Å². The van der Waals surface area contributed by atoms with Crippen LogP contribution in [-0.2, 0) is 16.2 Å². The Balaban J connectivity index is 0.000000151. The molecule has 1 amide bonds. The van der Waals surface area contributed by atoms with Crippen molar-refractivity contribution in [3.05, 3.63) is 119 Å². The maximum atomic E-state index is 11.6. The number of aromatic nitrogens is 1. The fourth-order valence-electron chi connectivity index (χ4n) is 5.42. The molecule has 0 aliphatic carbocycles. The fraction of sp³-hybridized carbons (Fsp3) is 0.171. The number of carbonyl (C=O) groups excluding carboxylic acids is 3. The van der Waals surface area contributed by atoms with Crippen molar-refractivity contribution in [2.45, 2.75) is 31.4 Å². The minimum absolute atomic E-state index is 0.203. The van der Waals surface area contributed by atoms with E-state index in [1.165, 1.54) is 10.8 Å². The van der Waals surface area contributed by atoms with Crippen LogP contribution in [-0.4, -0.2) is 41.8 Å². The van der Waals surface area contributed by atoms with Crippen LogP contribution < -0.4 is 10.1 Å². The van der Waals surface area contributed by atoms with Crippen LogP contribution in [0.25, 0.3) is 21.7 Å². The number of hydrogen-bond acceptors (Lipinski definition) is 6. The van der Waals surface area contributed by atoms with Crippen molar-refractivity contribution in [1.82, 2.24) is 10.3 Å². The number of nitrogens with zero attached hydrogens (tertiary/aromatic N) is 2. The van der Waals surface area contributed by atoms with E-state index in [9.17, 15) is 14.4 Å². The third kappa shape index (κ3) is 5.87. The number of para-hydroxylation sites is 1. The molecule has 4 aromatic carbocycles. The lowest BCUT2D eigenvalue weighted by molar-refractivity contribution is -0.131. The molecule has 2 aliphatic heterocycles. The number of carbonyl (C=O) groups is 3. The standard InChI is InChI=1S/C19H13NO2.C16H16N2O2/c21-19-16-6-3-7-18(17(16)11-20-19)22-12-13-8-9-14-4-1-2-5-15(14)10-13;19-10-16(20)15-8-6-12(9-17-15)14-7-5-11-3-1-2-4-13(11)18-14/h1-11H,12H2;1-5,7,10,12,15,17H,6,8-9H2. The van der Waals surface area contributed by atoms with E-state index in [4.69, 9.17) is 9.72 Å². The second kappa shape index (κ2) is 12.2. The van der Waals surface area contributed by atoms with E-state index < -0.39 is 0 Å². The molecule has 1 saturated heterocycles. The lowest BCUT2D eigenvalue weighted by Gasteiger charge is -2.27. The molecule has 5 aromatic rings. The van der Waals surface area contributed by atoms with Gasteiger partial charge in [0.2, 0.25) is 5.78 Å². The van der Waals surface area contributed by atoms with Crippen LogP contribution in [0.2, 0.25) is 0 Å². The molecule has 1 fully saturated rings. The Labute approximate surface area is 243 Å². The molecule has 0 radical (unpaired) electrons. The number of amides is 1. The Bertz CT molecular complexity index is 1820. The van der Waals surface area contributed by atoms with Gasteiger partial charge in [0.05, 0.1) is 17.1 Å². The Kier molecular flexibility index (Phi) is 7.92. The van der Waals surface area contributed by atoms with E-state index in [2.05, 4.69) is 52.8 Å². The zero-order valence-electron chi connectivity index (χ0n) is 22.9. The Hall–Kier alpha value is -5.01. The molecular weight excluding hydrogens is 526 g/mol. The largest absolute Gasteiger partial charge is 0.488 e. The number of benzene rings is 4. The molecule has 1 aromatic heterocycles. The van der Waals surface area contributed by atoms with Gasteiger partial charge in [-0.25, -0.2) is 4.99 Å². The number of Topliss-reactive ketones (excluding diaryl/α,β-unsaturated/α-hetero) is 1. The Morgan fingerprint density at radius 2 is 1.67 bits per heavy atom. The monoisotopic (exact) mass is 555 g/mol. The summed E-state index contributed by atoms with van der Waals surface area (Å²) in [6.07, 6.45) is 3.55. The number of piperidine rings is 1. The summed E-state index contributed by atoms with van der Waals surface area (Å²) < 4.78 is 5.89. The van der Waals surface area contributed by atoms with Gasteiger partial charge in [-0.2, -0.15) is 0 Å². The molecule has 208 valence electrons. The molecule has 0 spiro atoms. The quantitative estimate of drug-likeness (QED) is 0.209. The van der Waals surface area contributed by atoms with Crippen molar-refractivity contribution in [3.63, 3.8) is 0 Å². The number of ether oxygens (including phenoxy) is 1. The number of aliphatic imine (C=N–C) groups is 1. The maximum absolute atomic E-state index is 11.6. The summed E-state index contributed by atoms with van der Waals surface area (Å²) in [5.41, 5.74) is 4.52. The average Bonchev–Trinajstić information content (AvgIpc) is 3.44. The molecule has 42 heavy (non-hydrogen) atoms. The molecule has 2 atom stereocenters. The van der Waals surface area contributed by atoms with Crippen molar-refractivity contribution in [3.8, 4) is 5.75 Å². The molecule has 0 saturated carbocycles. The highest BCUT2D eigenvalue weighted by atomic mass is 16.5. The first-order chi connectivity index (χ1) is 20.6. The number of pyridine rings is 1. The molecule has 7 nitrogen and oxygen atoms in total. The first kappa shape index (κ1) is 27.2. The van der Waals surface area contributed by atoms with Crippen LogP contribution in [0.1, 0.15) is 45.9 Å². The molecule has 0 bridgehead atoms. The van der Waals surface area contributed by atoms with Crippen LogP contribution in [0.3, 0.4) is 0 Å².